The van der Waals surface area contributed by atoms with Crippen LogP contribution >= 0.6 is 0 Å². The van der Waals surface area contributed by atoms with E-state index in [2.05, 4.69) is 29.1 Å². The van der Waals surface area contributed by atoms with Crippen molar-refractivity contribution in [3.05, 3.63) is 60.4 Å². The number of hydrogen-bond acceptors (Lipinski definition) is 1. The van der Waals surface area contributed by atoms with Crippen LogP contribution in [-0.4, -0.2) is 7.11 Å². The molecule has 1 aromatic heterocycles. The Morgan fingerprint density at radius 1 is 1.06 bits per heavy atom. The van der Waals surface area contributed by atoms with E-state index < -0.39 is 0 Å². The standard InChI is InChI=1S/C14H16NO/c1-16-14-7-5-6-13(12-14)8-11-15-9-3-2-4-10-15/h2-7,9-10,12H,8,11H2,1H3/q+1. The Balaban J connectivity index is 1.99. The van der Waals surface area contributed by atoms with Crippen molar-refractivity contribution >= 4 is 0 Å². The number of rotatable bonds is 4. The van der Waals surface area contributed by atoms with Crippen LogP contribution in [0.3, 0.4) is 0 Å². The van der Waals surface area contributed by atoms with Crippen LogP contribution in [0.25, 0.3) is 0 Å². The van der Waals surface area contributed by atoms with Gasteiger partial charge in [-0.25, -0.2) is 4.57 Å². The van der Waals surface area contributed by atoms with Gasteiger partial charge in [0.2, 0.25) is 0 Å². The molecule has 0 spiro atoms. The summed E-state index contributed by atoms with van der Waals surface area (Å²) >= 11 is 0. The maximum absolute atomic E-state index is 5.20. The van der Waals surface area contributed by atoms with Crippen LogP contribution in [0.15, 0.2) is 54.9 Å². The van der Waals surface area contributed by atoms with E-state index in [-0.39, 0.29) is 0 Å². The summed E-state index contributed by atoms with van der Waals surface area (Å²) in [5, 5.41) is 0. The Hall–Kier alpha value is -1.83. The van der Waals surface area contributed by atoms with E-state index in [1.54, 1.807) is 7.11 Å². The molecule has 0 amide bonds. The quantitative estimate of drug-likeness (QED) is 0.711. The van der Waals surface area contributed by atoms with Crippen molar-refractivity contribution in [1.29, 1.82) is 0 Å². The first-order valence-corrected chi connectivity index (χ1v) is 5.45. The number of pyridine rings is 1. The van der Waals surface area contributed by atoms with Crippen LogP contribution in [0.2, 0.25) is 0 Å². The predicted molar refractivity (Wildman–Crippen MR) is 63.3 cm³/mol. The maximum atomic E-state index is 5.20. The summed E-state index contributed by atoms with van der Waals surface area (Å²) in [5.41, 5.74) is 1.30. The molecule has 0 radical (unpaired) electrons. The Morgan fingerprint density at radius 2 is 1.88 bits per heavy atom. The third-order valence-electron chi connectivity index (χ3n) is 2.57. The van der Waals surface area contributed by atoms with E-state index in [9.17, 15) is 0 Å². The molecule has 1 heterocycles. The zero-order chi connectivity index (χ0) is 11.2. The first-order valence-electron chi connectivity index (χ1n) is 5.45. The highest BCUT2D eigenvalue weighted by atomic mass is 16.5. The molecule has 0 atom stereocenters. The fourth-order valence-electron chi connectivity index (χ4n) is 1.67. The molecule has 2 heteroatoms. The third-order valence-corrected chi connectivity index (χ3v) is 2.57. The van der Waals surface area contributed by atoms with Crippen LogP contribution in [0.1, 0.15) is 5.56 Å². The molecule has 0 aliphatic carbocycles. The van der Waals surface area contributed by atoms with Crippen LogP contribution in [-0.2, 0) is 13.0 Å². The average molecular weight is 214 g/mol. The van der Waals surface area contributed by atoms with Gasteiger partial charge in [0, 0.05) is 18.6 Å². The van der Waals surface area contributed by atoms with Gasteiger partial charge in [0.15, 0.2) is 18.9 Å². The van der Waals surface area contributed by atoms with Gasteiger partial charge in [-0.2, -0.15) is 0 Å². The van der Waals surface area contributed by atoms with Gasteiger partial charge >= 0.3 is 0 Å². The lowest BCUT2D eigenvalue weighted by molar-refractivity contribution is -0.696. The second kappa shape index (κ2) is 5.31. The highest BCUT2D eigenvalue weighted by Crippen LogP contribution is 2.12. The summed E-state index contributed by atoms with van der Waals surface area (Å²) in [6, 6.07) is 14.3. The number of nitrogens with zero attached hydrogens (tertiary/aromatic N) is 1. The number of ether oxygens (including phenoxy) is 1. The molecule has 0 saturated heterocycles. The molecule has 16 heavy (non-hydrogen) atoms. The van der Waals surface area contributed by atoms with Gasteiger partial charge in [-0.3, -0.25) is 0 Å². The first kappa shape index (κ1) is 10.7. The molecule has 0 aliphatic rings. The highest BCUT2D eigenvalue weighted by Gasteiger charge is 2.00. The highest BCUT2D eigenvalue weighted by molar-refractivity contribution is 5.28. The van der Waals surface area contributed by atoms with Crippen molar-refractivity contribution in [2.24, 2.45) is 0 Å². The molecule has 0 unspecified atom stereocenters. The Kier molecular flexibility index (Phi) is 3.54. The van der Waals surface area contributed by atoms with Gasteiger partial charge in [0.25, 0.3) is 0 Å². The van der Waals surface area contributed by atoms with Crippen molar-refractivity contribution in [3.63, 3.8) is 0 Å². The number of aromatic nitrogens is 1. The lowest BCUT2D eigenvalue weighted by atomic mass is 10.1. The smallest absolute Gasteiger partial charge is 0.168 e. The summed E-state index contributed by atoms with van der Waals surface area (Å²) < 4.78 is 7.38. The summed E-state index contributed by atoms with van der Waals surface area (Å²) in [5.74, 6) is 0.926. The lowest BCUT2D eigenvalue weighted by Crippen LogP contribution is -2.33. The van der Waals surface area contributed by atoms with Crippen LogP contribution in [0.5, 0.6) is 5.75 Å². The summed E-state index contributed by atoms with van der Waals surface area (Å²) in [6.45, 7) is 0.994. The fourth-order valence-corrected chi connectivity index (χ4v) is 1.67. The van der Waals surface area contributed by atoms with Gasteiger partial charge < -0.3 is 4.74 Å². The Morgan fingerprint density at radius 3 is 2.62 bits per heavy atom. The van der Waals surface area contributed by atoms with Crippen LogP contribution in [0, 0.1) is 0 Å². The van der Waals surface area contributed by atoms with Gasteiger partial charge in [-0.05, 0) is 17.7 Å². The molecule has 2 rings (SSSR count). The SMILES string of the molecule is COc1cccc(CC[n+]2ccccc2)c1. The minimum absolute atomic E-state index is 0.926. The van der Waals surface area contributed by atoms with E-state index >= 15 is 0 Å². The average Bonchev–Trinajstić information content (AvgIpc) is 2.38. The maximum Gasteiger partial charge on any atom is 0.168 e. The van der Waals surface area contributed by atoms with Crippen molar-refractivity contribution in [3.8, 4) is 5.75 Å². The Bertz CT molecular complexity index is 439. The fraction of sp³-hybridized carbons (Fsp3) is 0.214. The monoisotopic (exact) mass is 214 g/mol. The first-order chi connectivity index (χ1) is 7.88. The molecule has 0 aliphatic heterocycles. The second-order valence-corrected chi connectivity index (χ2v) is 3.71. The van der Waals surface area contributed by atoms with E-state index in [0.29, 0.717) is 0 Å². The zero-order valence-electron chi connectivity index (χ0n) is 9.47. The summed E-state index contributed by atoms with van der Waals surface area (Å²) in [4.78, 5) is 0. The van der Waals surface area contributed by atoms with Gasteiger partial charge in [-0.15, -0.1) is 0 Å². The molecular weight excluding hydrogens is 198 g/mol. The lowest BCUT2D eigenvalue weighted by Gasteiger charge is -2.02. The summed E-state index contributed by atoms with van der Waals surface area (Å²) in [7, 11) is 1.70. The summed E-state index contributed by atoms with van der Waals surface area (Å²) in [6.07, 6.45) is 5.19. The molecule has 0 fully saturated rings. The van der Waals surface area contributed by atoms with Gasteiger partial charge in [-0.1, -0.05) is 18.2 Å². The molecule has 0 bridgehead atoms. The number of aryl methyl sites for hydroxylation is 2. The zero-order valence-corrected chi connectivity index (χ0v) is 9.47. The van der Waals surface area contributed by atoms with Crippen LogP contribution < -0.4 is 9.30 Å². The van der Waals surface area contributed by atoms with Gasteiger partial charge in [0.1, 0.15) is 5.75 Å². The molecule has 2 nitrogen and oxygen atoms in total. The topological polar surface area (TPSA) is 13.1 Å². The van der Waals surface area contributed by atoms with E-state index in [0.717, 1.165) is 18.7 Å². The third kappa shape index (κ3) is 2.83. The normalized spacial score (nSPS) is 10.1. The molecule has 0 saturated carbocycles. The van der Waals surface area contributed by atoms with E-state index in [1.807, 2.05) is 30.3 Å². The van der Waals surface area contributed by atoms with E-state index in [1.165, 1.54) is 5.56 Å². The van der Waals surface area contributed by atoms with E-state index in [4.69, 9.17) is 4.74 Å². The number of benzene rings is 1. The minimum atomic E-state index is 0.926. The predicted octanol–water partition coefficient (Wildman–Crippen LogP) is 2.23. The van der Waals surface area contributed by atoms with Crippen molar-refractivity contribution in [2.45, 2.75) is 13.0 Å². The van der Waals surface area contributed by atoms with Crippen molar-refractivity contribution < 1.29 is 9.30 Å². The van der Waals surface area contributed by atoms with Crippen molar-refractivity contribution in [1.82, 2.24) is 0 Å². The molecule has 0 N–H and O–H groups in total. The van der Waals surface area contributed by atoms with Gasteiger partial charge in [0.05, 0.1) is 7.11 Å². The second-order valence-electron chi connectivity index (χ2n) is 3.71. The largest absolute Gasteiger partial charge is 0.497 e. The van der Waals surface area contributed by atoms with Crippen molar-refractivity contribution in [2.75, 3.05) is 7.11 Å². The Labute approximate surface area is 96.1 Å². The number of methoxy groups -OCH3 is 1. The minimum Gasteiger partial charge on any atom is -0.497 e. The molecule has 82 valence electrons. The molecular formula is C14H16NO+. The molecule has 2 aromatic rings. The van der Waals surface area contributed by atoms with Crippen LogP contribution in [0.4, 0.5) is 0 Å². The molecule has 1 aromatic carbocycles. The number of hydrogen-bond donors (Lipinski definition) is 0.